The zero-order valence-corrected chi connectivity index (χ0v) is 17.7. The number of aromatic nitrogens is 1. The molecule has 2 aromatic carbocycles. The van der Waals surface area contributed by atoms with E-state index in [1.165, 1.54) is 0 Å². The number of methoxy groups -OCH3 is 2. The van der Waals surface area contributed by atoms with Crippen LogP contribution >= 0.6 is 11.6 Å². The first-order valence-corrected chi connectivity index (χ1v) is 9.77. The smallest absolute Gasteiger partial charge is 0.283 e. The van der Waals surface area contributed by atoms with E-state index in [4.69, 9.17) is 36.5 Å². The zero-order chi connectivity index (χ0) is 21.3. The summed E-state index contributed by atoms with van der Waals surface area (Å²) < 4.78 is 16.3. The van der Waals surface area contributed by atoms with Crippen molar-refractivity contribution in [1.29, 1.82) is 0 Å². The summed E-state index contributed by atoms with van der Waals surface area (Å²) in [6.45, 7) is 2.29. The zero-order valence-electron chi connectivity index (χ0n) is 17.0. The molecule has 0 fully saturated rings. The predicted molar refractivity (Wildman–Crippen MR) is 117 cm³/mol. The number of aliphatic imine (C=N–C) groups is 1. The van der Waals surface area contributed by atoms with Gasteiger partial charge in [-0.05, 0) is 53.9 Å². The molecular weight excluding hydrogens is 402 g/mol. The maximum absolute atomic E-state index is 6.54. The number of pyridine rings is 1. The van der Waals surface area contributed by atoms with Gasteiger partial charge < -0.3 is 19.9 Å². The minimum Gasteiger partial charge on any atom is -0.496 e. The summed E-state index contributed by atoms with van der Waals surface area (Å²) >= 11 is 6.54. The molecule has 4 rings (SSSR count). The Kier molecular flexibility index (Phi) is 5.26. The van der Waals surface area contributed by atoms with Crippen LogP contribution in [0.25, 0.3) is 11.1 Å². The van der Waals surface area contributed by atoms with Gasteiger partial charge in [-0.3, -0.25) is 4.98 Å². The fourth-order valence-corrected chi connectivity index (χ4v) is 3.94. The molecule has 0 aliphatic carbocycles. The van der Waals surface area contributed by atoms with E-state index < -0.39 is 5.54 Å². The monoisotopic (exact) mass is 423 g/mol. The highest BCUT2D eigenvalue weighted by molar-refractivity contribution is 6.33. The Labute approximate surface area is 180 Å². The lowest BCUT2D eigenvalue weighted by Gasteiger charge is -2.27. The number of halogens is 1. The van der Waals surface area contributed by atoms with Gasteiger partial charge in [0.15, 0.2) is 5.54 Å². The van der Waals surface area contributed by atoms with Crippen molar-refractivity contribution in [2.45, 2.75) is 12.5 Å². The summed E-state index contributed by atoms with van der Waals surface area (Å²) in [5.74, 6) is 1.46. The van der Waals surface area contributed by atoms with Gasteiger partial charge in [-0.15, -0.1) is 0 Å². The molecule has 0 amide bonds. The molecule has 154 valence electrons. The highest BCUT2D eigenvalue weighted by Gasteiger charge is 2.40. The summed E-state index contributed by atoms with van der Waals surface area (Å²) in [7, 11) is 3.26. The molecule has 1 aromatic heterocycles. The summed E-state index contributed by atoms with van der Waals surface area (Å²) in [5, 5.41) is 0.603. The average molecular weight is 424 g/mol. The molecule has 0 unspecified atom stereocenters. The van der Waals surface area contributed by atoms with E-state index in [0.717, 1.165) is 33.6 Å². The fraction of sp³-hybridized carbons (Fsp3) is 0.217. The number of ether oxygens (including phenoxy) is 3. The third kappa shape index (κ3) is 3.44. The predicted octanol–water partition coefficient (Wildman–Crippen LogP) is 4.32. The van der Waals surface area contributed by atoms with Crippen molar-refractivity contribution in [2.24, 2.45) is 10.7 Å². The lowest BCUT2D eigenvalue weighted by Crippen LogP contribution is -2.27. The molecule has 6 nitrogen and oxygen atoms in total. The SMILES string of the molecule is COc1cncc(-c2cc([C@@]3(c4ccc(OC)c(C)c4)COC(N)=N3)ccc2Cl)c1. The van der Waals surface area contributed by atoms with E-state index in [-0.39, 0.29) is 6.02 Å². The van der Waals surface area contributed by atoms with E-state index in [0.29, 0.717) is 17.4 Å². The van der Waals surface area contributed by atoms with Gasteiger partial charge in [0.05, 0.1) is 20.4 Å². The first-order valence-electron chi connectivity index (χ1n) is 9.39. The van der Waals surface area contributed by atoms with Crippen LogP contribution in [0.1, 0.15) is 16.7 Å². The van der Waals surface area contributed by atoms with Gasteiger partial charge in [0.25, 0.3) is 6.02 Å². The molecule has 3 aromatic rings. The maximum atomic E-state index is 6.54. The van der Waals surface area contributed by atoms with Gasteiger partial charge in [0, 0.05) is 22.3 Å². The molecule has 2 N–H and O–H groups in total. The largest absolute Gasteiger partial charge is 0.496 e. The Hall–Kier alpha value is -3.25. The quantitative estimate of drug-likeness (QED) is 0.661. The average Bonchev–Trinajstić information content (AvgIpc) is 3.17. The molecule has 1 aliphatic rings. The van der Waals surface area contributed by atoms with E-state index in [1.807, 2.05) is 49.4 Å². The number of hydrogen-bond donors (Lipinski definition) is 1. The number of aryl methyl sites for hydroxylation is 1. The third-order valence-electron chi connectivity index (χ3n) is 5.31. The fourth-order valence-electron chi connectivity index (χ4n) is 3.71. The van der Waals surface area contributed by atoms with Gasteiger partial charge >= 0.3 is 0 Å². The van der Waals surface area contributed by atoms with Gasteiger partial charge in [-0.2, -0.15) is 0 Å². The van der Waals surface area contributed by atoms with Gasteiger partial charge in [0.2, 0.25) is 0 Å². The normalized spacial score (nSPS) is 17.9. The Balaban J connectivity index is 1.88. The molecule has 2 heterocycles. The summed E-state index contributed by atoms with van der Waals surface area (Å²) in [4.78, 5) is 8.95. The second-order valence-corrected chi connectivity index (χ2v) is 7.50. The summed E-state index contributed by atoms with van der Waals surface area (Å²) in [5.41, 5.74) is 9.70. The molecule has 0 saturated heterocycles. The van der Waals surface area contributed by atoms with Crippen molar-refractivity contribution in [2.75, 3.05) is 20.8 Å². The molecule has 1 aliphatic heterocycles. The van der Waals surface area contributed by atoms with Crippen LogP contribution in [0.15, 0.2) is 59.9 Å². The Bertz CT molecular complexity index is 1130. The number of hydrogen-bond acceptors (Lipinski definition) is 6. The van der Waals surface area contributed by atoms with Gasteiger partial charge in [-0.1, -0.05) is 23.7 Å². The van der Waals surface area contributed by atoms with Crippen LogP contribution in [0.3, 0.4) is 0 Å². The number of benzene rings is 2. The Morgan fingerprint density at radius 1 is 1.03 bits per heavy atom. The standard InChI is InChI=1S/C23H22ClN3O3/c1-14-8-16(5-7-21(14)29-3)23(13-30-22(25)27-23)17-4-6-20(24)19(10-17)15-9-18(28-2)12-26-11-15/h4-12H,13H2,1-3H3,(H2,25,27)/t23-/m0/s1. The van der Waals surface area contributed by atoms with E-state index in [2.05, 4.69) is 4.98 Å². The molecular formula is C23H22ClN3O3. The Morgan fingerprint density at radius 3 is 2.47 bits per heavy atom. The second kappa shape index (κ2) is 7.88. The molecule has 0 bridgehead atoms. The maximum Gasteiger partial charge on any atom is 0.283 e. The highest BCUT2D eigenvalue weighted by Crippen LogP contribution is 2.42. The van der Waals surface area contributed by atoms with Crippen LogP contribution in [0.5, 0.6) is 11.5 Å². The lowest BCUT2D eigenvalue weighted by molar-refractivity contribution is 0.278. The van der Waals surface area contributed by atoms with E-state index in [1.54, 1.807) is 26.6 Å². The molecule has 7 heteroatoms. The van der Waals surface area contributed by atoms with Crippen molar-refractivity contribution in [3.8, 4) is 22.6 Å². The molecule has 0 spiro atoms. The first kappa shape index (κ1) is 20.0. The number of nitrogens with two attached hydrogens (primary N) is 1. The van der Waals surface area contributed by atoms with Crippen molar-refractivity contribution >= 4 is 17.6 Å². The van der Waals surface area contributed by atoms with Crippen LogP contribution in [-0.2, 0) is 10.3 Å². The van der Waals surface area contributed by atoms with Gasteiger partial charge in [-0.25, -0.2) is 4.99 Å². The number of amidine groups is 1. The van der Waals surface area contributed by atoms with Crippen LogP contribution in [0.4, 0.5) is 0 Å². The van der Waals surface area contributed by atoms with Crippen molar-refractivity contribution in [1.82, 2.24) is 4.98 Å². The Morgan fingerprint density at radius 2 is 1.80 bits per heavy atom. The first-order chi connectivity index (χ1) is 14.5. The second-order valence-electron chi connectivity index (χ2n) is 7.09. The topological polar surface area (TPSA) is 79.0 Å². The van der Waals surface area contributed by atoms with Crippen LogP contribution in [0.2, 0.25) is 5.02 Å². The summed E-state index contributed by atoms with van der Waals surface area (Å²) in [6, 6.07) is 13.8. The number of rotatable bonds is 5. The van der Waals surface area contributed by atoms with E-state index >= 15 is 0 Å². The lowest BCUT2D eigenvalue weighted by atomic mass is 9.82. The molecule has 0 radical (unpaired) electrons. The van der Waals surface area contributed by atoms with Crippen LogP contribution in [0, 0.1) is 6.92 Å². The van der Waals surface area contributed by atoms with Crippen molar-refractivity contribution in [3.63, 3.8) is 0 Å². The van der Waals surface area contributed by atoms with Crippen LogP contribution in [-0.4, -0.2) is 31.8 Å². The van der Waals surface area contributed by atoms with Crippen LogP contribution < -0.4 is 15.2 Å². The molecule has 1 atom stereocenters. The minimum absolute atomic E-state index is 0.156. The molecule has 0 saturated carbocycles. The molecule has 30 heavy (non-hydrogen) atoms. The van der Waals surface area contributed by atoms with Crippen molar-refractivity contribution in [3.05, 3.63) is 76.6 Å². The summed E-state index contributed by atoms with van der Waals surface area (Å²) in [6.07, 6.45) is 3.40. The minimum atomic E-state index is -0.785. The number of nitrogens with zero attached hydrogens (tertiary/aromatic N) is 2. The third-order valence-corrected chi connectivity index (χ3v) is 5.64. The van der Waals surface area contributed by atoms with E-state index in [9.17, 15) is 0 Å². The highest BCUT2D eigenvalue weighted by atomic mass is 35.5. The van der Waals surface area contributed by atoms with Crippen molar-refractivity contribution < 1.29 is 14.2 Å². The van der Waals surface area contributed by atoms with Gasteiger partial charge in [0.1, 0.15) is 18.1 Å².